The van der Waals surface area contributed by atoms with Crippen molar-refractivity contribution >= 4 is 17.2 Å². The molecule has 0 saturated carbocycles. The molecule has 0 aliphatic heterocycles. The first-order chi connectivity index (χ1) is 9.39. The summed E-state index contributed by atoms with van der Waals surface area (Å²) in [7, 11) is 0. The Morgan fingerprint density at radius 2 is 1.95 bits per heavy atom. The molecule has 0 atom stereocenters. The number of carbonyl (C=O) groups is 1. The third kappa shape index (κ3) is 3.16. The van der Waals surface area contributed by atoms with E-state index >= 15 is 0 Å². The molecule has 106 valence electrons. The number of halogens is 4. The summed E-state index contributed by atoms with van der Waals surface area (Å²) in [6.07, 6.45) is -4.83. The Morgan fingerprint density at radius 3 is 2.55 bits per heavy atom. The molecule has 0 unspecified atom stereocenters. The summed E-state index contributed by atoms with van der Waals surface area (Å²) in [5.74, 6) is -2.43. The largest absolute Gasteiger partial charge is 0.419 e. The number of rotatable bonds is 3. The van der Waals surface area contributed by atoms with Crippen molar-refractivity contribution < 1.29 is 22.4 Å². The summed E-state index contributed by atoms with van der Waals surface area (Å²) in [6, 6.07) is 6.16. The molecule has 0 fully saturated rings. The van der Waals surface area contributed by atoms with Gasteiger partial charge in [0.15, 0.2) is 0 Å². The van der Waals surface area contributed by atoms with E-state index in [0.717, 1.165) is 17.0 Å². The molecule has 0 bridgehead atoms. The Balaban J connectivity index is 2.18. The zero-order valence-corrected chi connectivity index (χ0v) is 10.8. The number of thiophene rings is 1. The highest BCUT2D eigenvalue weighted by Gasteiger charge is 2.35. The monoisotopic (exact) mass is 303 g/mol. The topological polar surface area (TPSA) is 29.1 Å². The number of nitrogens with one attached hydrogen (secondary N) is 1. The van der Waals surface area contributed by atoms with E-state index in [0.29, 0.717) is 6.07 Å². The van der Waals surface area contributed by atoms with Crippen LogP contribution in [0, 0.1) is 5.82 Å². The third-order valence-corrected chi connectivity index (χ3v) is 3.43. The minimum atomic E-state index is -4.83. The van der Waals surface area contributed by atoms with Crippen molar-refractivity contribution in [2.24, 2.45) is 0 Å². The highest BCUT2D eigenvalue weighted by molar-refractivity contribution is 7.09. The molecule has 1 aromatic carbocycles. The SMILES string of the molecule is O=C(NCc1cccs1)c1cccc(C(F)(F)F)c1F. The van der Waals surface area contributed by atoms with Crippen molar-refractivity contribution in [3.63, 3.8) is 0 Å². The number of hydrogen-bond acceptors (Lipinski definition) is 2. The average Bonchev–Trinajstić information content (AvgIpc) is 2.88. The van der Waals surface area contributed by atoms with E-state index in [1.807, 2.05) is 0 Å². The van der Waals surface area contributed by atoms with E-state index in [-0.39, 0.29) is 6.54 Å². The van der Waals surface area contributed by atoms with E-state index in [1.165, 1.54) is 11.3 Å². The van der Waals surface area contributed by atoms with Crippen LogP contribution in [0.15, 0.2) is 35.7 Å². The van der Waals surface area contributed by atoms with Gasteiger partial charge in [-0.3, -0.25) is 4.79 Å². The zero-order chi connectivity index (χ0) is 14.8. The van der Waals surface area contributed by atoms with Crippen molar-refractivity contribution in [2.75, 3.05) is 0 Å². The quantitative estimate of drug-likeness (QED) is 0.858. The molecule has 7 heteroatoms. The lowest BCUT2D eigenvalue weighted by Gasteiger charge is -2.11. The van der Waals surface area contributed by atoms with Crippen LogP contribution in [0.1, 0.15) is 20.8 Å². The second-order valence-electron chi connectivity index (χ2n) is 3.93. The van der Waals surface area contributed by atoms with Gasteiger partial charge in [0, 0.05) is 4.88 Å². The predicted molar refractivity (Wildman–Crippen MR) is 66.9 cm³/mol. The molecule has 1 N–H and O–H groups in total. The van der Waals surface area contributed by atoms with Gasteiger partial charge in [-0.1, -0.05) is 12.1 Å². The second kappa shape index (κ2) is 5.62. The molecule has 20 heavy (non-hydrogen) atoms. The van der Waals surface area contributed by atoms with E-state index in [9.17, 15) is 22.4 Å². The van der Waals surface area contributed by atoms with Gasteiger partial charge in [-0.25, -0.2) is 4.39 Å². The van der Waals surface area contributed by atoms with Crippen LogP contribution in [0.25, 0.3) is 0 Å². The fourth-order valence-electron chi connectivity index (χ4n) is 1.60. The Hall–Kier alpha value is -1.89. The lowest BCUT2D eigenvalue weighted by Crippen LogP contribution is -2.24. The standard InChI is InChI=1S/C13H9F4NOS/c14-11-9(4-1-5-10(11)13(15,16)17)12(19)18-7-8-3-2-6-20-8/h1-6H,7H2,(H,18,19). The lowest BCUT2D eigenvalue weighted by atomic mass is 10.1. The molecule has 0 radical (unpaired) electrons. The number of hydrogen-bond donors (Lipinski definition) is 1. The molecule has 2 rings (SSSR count). The van der Waals surface area contributed by atoms with Gasteiger partial charge >= 0.3 is 6.18 Å². The van der Waals surface area contributed by atoms with Crippen LogP contribution in [0.3, 0.4) is 0 Å². The summed E-state index contributed by atoms with van der Waals surface area (Å²) in [5.41, 5.74) is -2.06. The highest BCUT2D eigenvalue weighted by Crippen LogP contribution is 2.32. The van der Waals surface area contributed by atoms with Gasteiger partial charge in [0.1, 0.15) is 5.82 Å². The Labute approximate surface area is 116 Å². The van der Waals surface area contributed by atoms with Crippen molar-refractivity contribution in [1.29, 1.82) is 0 Å². The smallest absolute Gasteiger partial charge is 0.347 e. The van der Waals surface area contributed by atoms with Gasteiger partial charge in [-0.15, -0.1) is 11.3 Å². The van der Waals surface area contributed by atoms with Crippen LogP contribution >= 0.6 is 11.3 Å². The zero-order valence-electron chi connectivity index (χ0n) is 10.00. The van der Waals surface area contributed by atoms with Gasteiger partial charge in [-0.05, 0) is 23.6 Å². The summed E-state index contributed by atoms with van der Waals surface area (Å²) in [5, 5.41) is 4.18. The molecule has 0 aliphatic carbocycles. The summed E-state index contributed by atoms with van der Waals surface area (Å²) < 4.78 is 51.3. The summed E-state index contributed by atoms with van der Waals surface area (Å²) in [4.78, 5) is 12.6. The van der Waals surface area contributed by atoms with Crippen molar-refractivity contribution in [1.82, 2.24) is 5.32 Å². The van der Waals surface area contributed by atoms with E-state index in [4.69, 9.17) is 0 Å². The van der Waals surface area contributed by atoms with E-state index in [2.05, 4.69) is 5.32 Å². The Bertz CT molecular complexity index is 607. The highest BCUT2D eigenvalue weighted by atomic mass is 32.1. The number of benzene rings is 1. The van der Waals surface area contributed by atoms with E-state index in [1.54, 1.807) is 17.5 Å². The predicted octanol–water partition coefficient (Wildman–Crippen LogP) is 3.84. The molecule has 2 aromatic rings. The molecule has 1 amide bonds. The van der Waals surface area contributed by atoms with E-state index < -0.39 is 29.0 Å². The number of carbonyl (C=O) groups excluding carboxylic acids is 1. The van der Waals surface area contributed by atoms with Gasteiger partial charge in [0.2, 0.25) is 0 Å². The first kappa shape index (κ1) is 14.5. The van der Waals surface area contributed by atoms with Gasteiger partial charge in [0.05, 0.1) is 17.7 Å². The number of alkyl halides is 3. The maximum atomic E-state index is 13.7. The van der Waals surface area contributed by atoms with Crippen LogP contribution in [0.2, 0.25) is 0 Å². The fraction of sp³-hybridized carbons (Fsp3) is 0.154. The van der Waals surface area contributed by atoms with Gasteiger partial charge in [-0.2, -0.15) is 13.2 Å². The van der Waals surface area contributed by atoms with Crippen molar-refractivity contribution in [2.45, 2.75) is 12.7 Å². The molecule has 1 heterocycles. The maximum Gasteiger partial charge on any atom is 0.419 e. The molecule has 0 aliphatic rings. The molecular weight excluding hydrogens is 294 g/mol. The van der Waals surface area contributed by atoms with Crippen molar-refractivity contribution in [3.05, 3.63) is 57.5 Å². The lowest BCUT2D eigenvalue weighted by molar-refractivity contribution is -0.140. The Kier molecular flexibility index (Phi) is 4.08. The van der Waals surface area contributed by atoms with Gasteiger partial charge < -0.3 is 5.32 Å². The molecular formula is C13H9F4NOS. The average molecular weight is 303 g/mol. The molecule has 0 spiro atoms. The minimum Gasteiger partial charge on any atom is -0.347 e. The Morgan fingerprint density at radius 1 is 1.20 bits per heavy atom. The van der Waals surface area contributed by atoms with Crippen LogP contribution in [0.4, 0.5) is 17.6 Å². The first-order valence-corrected chi connectivity index (χ1v) is 6.44. The molecule has 2 nitrogen and oxygen atoms in total. The van der Waals surface area contributed by atoms with Crippen molar-refractivity contribution in [3.8, 4) is 0 Å². The third-order valence-electron chi connectivity index (χ3n) is 2.55. The van der Waals surface area contributed by atoms with Crippen LogP contribution in [-0.4, -0.2) is 5.91 Å². The fourth-order valence-corrected chi connectivity index (χ4v) is 2.25. The summed E-state index contributed by atoms with van der Waals surface area (Å²) in [6.45, 7) is 0.145. The second-order valence-corrected chi connectivity index (χ2v) is 4.96. The number of amides is 1. The van der Waals surface area contributed by atoms with Crippen LogP contribution in [-0.2, 0) is 12.7 Å². The minimum absolute atomic E-state index is 0.145. The molecule has 0 saturated heterocycles. The molecule has 1 aromatic heterocycles. The summed E-state index contributed by atoms with van der Waals surface area (Å²) >= 11 is 1.38. The maximum absolute atomic E-state index is 13.7. The van der Waals surface area contributed by atoms with Crippen LogP contribution < -0.4 is 5.32 Å². The normalized spacial score (nSPS) is 11.4. The van der Waals surface area contributed by atoms with Gasteiger partial charge in [0.25, 0.3) is 5.91 Å². The van der Waals surface area contributed by atoms with Crippen LogP contribution in [0.5, 0.6) is 0 Å². The first-order valence-electron chi connectivity index (χ1n) is 5.56.